The van der Waals surface area contributed by atoms with Gasteiger partial charge in [0.2, 0.25) is 11.8 Å². The van der Waals surface area contributed by atoms with Crippen molar-refractivity contribution >= 4 is 11.8 Å². The zero-order valence-corrected chi connectivity index (χ0v) is 5.81. The third-order valence-corrected chi connectivity index (χ3v) is 1.88. The van der Waals surface area contributed by atoms with E-state index in [9.17, 15) is 9.59 Å². The van der Waals surface area contributed by atoms with E-state index in [1.165, 1.54) is 7.05 Å². The molecule has 10 heavy (non-hydrogen) atoms. The Labute approximate surface area is 60.3 Å². The molecule has 0 aromatic carbocycles. The van der Waals surface area contributed by atoms with E-state index in [1.54, 1.807) is 0 Å². The number of nitrogens with two attached hydrogens (primary N) is 1. The first-order valence-electron chi connectivity index (χ1n) is 3.15. The molecule has 0 bridgehead atoms. The number of rotatable bonds is 2. The van der Waals surface area contributed by atoms with Crippen LogP contribution in [0.2, 0.25) is 0 Å². The summed E-state index contributed by atoms with van der Waals surface area (Å²) >= 11 is 0. The van der Waals surface area contributed by atoms with Gasteiger partial charge in [0, 0.05) is 8.47 Å². The van der Waals surface area contributed by atoms with Crippen LogP contribution in [0.5, 0.6) is 0 Å². The van der Waals surface area contributed by atoms with Gasteiger partial charge in [-0.1, -0.05) is 0 Å². The maximum absolute atomic E-state index is 10.9. The number of carbonyl (C=O) groups is 2. The zero-order chi connectivity index (χ0) is 7.78. The Hall–Kier alpha value is -1.06. The second kappa shape index (κ2) is 1.97. The zero-order valence-electron chi connectivity index (χ0n) is 5.81. The summed E-state index contributed by atoms with van der Waals surface area (Å²) in [5.74, 6) is -0.758. The molecule has 0 heterocycles. The Morgan fingerprint density at radius 3 is 2.20 bits per heavy atom. The highest BCUT2D eigenvalue weighted by atomic mass is 16.2. The van der Waals surface area contributed by atoms with Crippen molar-refractivity contribution in [2.24, 2.45) is 11.1 Å². The first-order valence-corrected chi connectivity index (χ1v) is 3.15. The minimum absolute atomic E-state index is 0. The summed E-state index contributed by atoms with van der Waals surface area (Å²) in [4.78, 5) is 21.6. The van der Waals surface area contributed by atoms with Gasteiger partial charge in [-0.25, -0.2) is 0 Å². The predicted octanol–water partition coefficient (Wildman–Crippen LogP) is -0.756. The number of amides is 2. The van der Waals surface area contributed by atoms with Crippen molar-refractivity contribution in [3.63, 3.8) is 0 Å². The second-order valence-corrected chi connectivity index (χ2v) is 2.53. The molecule has 1 aliphatic carbocycles. The van der Waals surface area contributed by atoms with Crippen molar-refractivity contribution in [2.75, 3.05) is 7.05 Å². The van der Waals surface area contributed by atoms with Gasteiger partial charge >= 0.3 is 0 Å². The summed E-state index contributed by atoms with van der Waals surface area (Å²) in [5.41, 5.74) is 4.16. The SMILES string of the molecule is CNC(=O)C1(C(N)=O)CC1.[HH]. The molecule has 1 aliphatic rings. The van der Waals surface area contributed by atoms with Gasteiger partial charge in [0.1, 0.15) is 5.41 Å². The Kier molecular flexibility index (Phi) is 1.39. The highest BCUT2D eigenvalue weighted by molar-refractivity contribution is 6.07. The van der Waals surface area contributed by atoms with E-state index in [4.69, 9.17) is 5.73 Å². The third-order valence-electron chi connectivity index (χ3n) is 1.88. The lowest BCUT2D eigenvalue weighted by Gasteiger charge is -2.06. The molecule has 58 valence electrons. The molecule has 0 aliphatic heterocycles. The Morgan fingerprint density at radius 1 is 1.60 bits per heavy atom. The van der Waals surface area contributed by atoms with Crippen LogP contribution in [0.15, 0.2) is 0 Å². The number of nitrogens with one attached hydrogen (secondary N) is 1. The van der Waals surface area contributed by atoms with E-state index in [2.05, 4.69) is 5.32 Å². The molecule has 1 fully saturated rings. The van der Waals surface area contributed by atoms with Crippen molar-refractivity contribution in [3.05, 3.63) is 0 Å². The maximum Gasteiger partial charge on any atom is 0.235 e. The van der Waals surface area contributed by atoms with Crippen LogP contribution in [0.25, 0.3) is 0 Å². The summed E-state index contributed by atoms with van der Waals surface area (Å²) in [6.45, 7) is 0. The van der Waals surface area contributed by atoms with Crippen LogP contribution in [0, 0.1) is 5.41 Å². The van der Waals surface area contributed by atoms with Crippen LogP contribution in [0.4, 0.5) is 0 Å². The Balaban J connectivity index is 0.000001000. The van der Waals surface area contributed by atoms with Gasteiger partial charge in [-0.2, -0.15) is 0 Å². The molecule has 2 amide bonds. The fourth-order valence-electron chi connectivity index (χ4n) is 0.950. The first-order chi connectivity index (χ1) is 4.63. The minimum Gasteiger partial charge on any atom is -0.369 e. The average molecular weight is 144 g/mol. The van der Waals surface area contributed by atoms with E-state index in [0.717, 1.165) is 0 Å². The van der Waals surface area contributed by atoms with Crippen LogP contribution in [0.3, 0.4) is 0 Å². The molecule has 4 heteroatoms. The maximum atomic E-state index is 10.9. The van der Waals surface area contributed by atoms with Crippen molar-refractivity contribution in [2.45, 2.75) is 12.8 Å². The predicted molar refractivity (Wildman–Crippen MR) is 37.0 cm³/mol. The molecule has 1 saturated carbocycles. The van der Waals surface area contributed by atoms with E-state index in [1.807, 2.05) is 0 Å². The summed E-state index contributed by atoms with van der Waals surface area (Å²) in [6, 6.07) is 0. The molecular weight excluding hydrogens is 132 g/mol. The minimum atomic E-state index is -0.852. The van der Waals surface area contributed by atoms with E-state index in [0.29, 0.717) is 12.8 Å². The summed E-state index contributed by atoms with van der Waals surface area (Å²) in [5, 5.41) is 2.41. The first kappa shape index (κ1) is 7.05. The number of hydrogen-bond acceptors (Lipinski definition) is 2. The van der Waals surface area contributed by atoms with Crippen molar-refractivity contribution < 1.29 is 11.0 Å². The lowest BCUT2D eigenvalue weighted by atomic mass is 10.1. The molecular formula is C6H12N2O2. The lowest BCUT2D eigenvalue weighted by Crippen LogP contribution is -2.38. The van der Waals surface area contributed by atoms with Crippen LogP contribution in [0.1, 0.15) is 14.3 Å². The van der Waals surface area contributed by atoms with E-state index < -0.39 is 11.3 Å². The third kappa shape index (κ3) is 0.761. The fraction of sp³-hybridized carbons (Fsp3) is 0.667. The van der Waals surface area contributed by atoms with Gasteiger partial charge in [-0.15, -0.1) is 0 Å². The van der Waals surface area contributed by atoms with Gasteiger partial charge < -0.3 is 11.1 Å². The molecule has 1 rings (SSSR count). The standard InChI is InChI=1S/C6H10N2O2.H2/c1-8-5(10)6(2-3-6)4(7)9;/h2-3H2,1H3,(H2,7,9)(H,8,10);1H. The fourth-order valence-corrected chi connectivity index (χ4v) is 0.950. The number of primary amides is 1. The van der Waals surface area contributed by atoms with Crippen molar-refractivity contribution in [1.29, 1.82) is 0 Å². The smallest absolute Gasteiger partial charge is 0.235 e. The molecule has 0 saturated heterocycles. The van der Waals surface area contributed by atoms with Crippen LogP contribution in [-0.4, -0.2) is 18.9 Å². The lowest BCUT2D eigenvalue weighted by molar-refractivity contribution is -0.135. The van der Waals surface area contributed by atoms with Crippen LogP contribution >= 0.6 is 0 Å². The van der Waals surface area contributed by atoms with Crippen molar-refractivity contribution in [1.82, 2.24) is 5.32 Å². The molecule has 0 aromatic rings. The molecule has 4 nitrogen and oxygen atoms in total. The van der Waals surface area contributed by atoms with Crippen LogP contribution < -0.4 is 11.1 Å². The van der Waals surface area contributed by atoms with Crippen molar-refractivity contribution in [3.8, 4) is 0 Å². The second-order valence-electron chi connectivity index (χ2n) is 2.53. The van der Waals surface area contributed by atoms with Gasteiger partial charge in [-0.3, -0.25) is 9.59 Å². The molecule has 0 spiro atoms. The summed E-state index contributed by atoms with van der Waals surface area (Å²) in [7, 11) is 1.51. The van der Waals surface area contributed by atoms with E-state index in [-0.39, 0.29) is 7.33 Å². The monoisotopic (exact) mass is 144 g/mol. The summed E-state index contributed by atoms with van der Waals surface area (Å²) < 4.78 is 0. The number of hydrogen-bond donors (Lipinski definition) is 2. The highest BCUT2D eigenvalue weighted by Crippen LogP contribution is 2.45. The average Bonchev–Trinajstić information content (AvgIpc) is 2.65. The summed E-state index contributed by atoms with van der Waals surface area (Å²) in [6.07, 6.45) is 1.20. The molecule has 0 unspecified atom stereocenters. The van der Waals surface area contributed by atoms with Crippen LogP contribution in [-0.2, 0) is 9.59 Å². The Morgan fingerprint density at radius 2 is 2.10 bits per heavy atom. The molecule has 0 atom stereocenters. The van der Waals surface area contributed by atoms with Gasteiger partial charge in [0.15, 0.2) is 0 Å². The molecule has 0 radical (unpaired) electrons. The van der Waals surface area contributed by atoms with Gasteiger partial charge in [-0.05, 0) is 12.8 Å². The van der Waals surface area contributed by atoms with E-state index >= 15 is 0 Å². The topological polar surface area (TPSA) is 72.2 Å². The number of carbonyl (C=O) groups excluding carboxylic acids is 2. The van der Waals surface area contributed by atoms with Gasteiger partial charge in [0.25, 0.3) is 0 Å². The molecule has 3 N–H and O–H groups in total. The highest BCUT2D eigenvalue weighted by Gasteiger charge is 2.54. The van der Waals surface area contributed by atoms with Gasteiger partial charge in [0.05, 0.1) is 0 Å². The quantitative estimate of drug-likeness (QED) is 0.500. The largest absolute Gasteiger partial charge is 0.369 e. The Bertz CT molecular complexity index is 189. The normalized spacial score (nSPS) is 19.7. The molecule has 0 aromatic heterocycles.